The Kier molecular flexibility index (Phi) is 4.55. The summed E-state index contributed by atoms with van der Waals surface area (Å²) in [6, 6.07) is 53.6. The molecule has 0 saturated carbocycles. The van der Waals surface area contributed by atoms with Crippen LogP contribution in [0, 0.1) is 0 Å². The molecule has 4 heterocycles. The molecule has 0 fully saturated rings. The van der Waals surface area contributed by atoms with Gasteiger partial charge in [0.05, 0.1) is 22.1 Å². The highest BCUT2D eigenvalue weighted by atomic mass is 15.2. The lowest BCUT2D eigenvalue weighted by molar-refractivity contribution is -0.614. The van der Waals surface area contributed by atoms with Crippen molar-refractivity contribution < 1.29 is 5.32 Å². The van der Waals surface area contributed by atoms with E-state index in [1.54, 1.807) is 0 Å². The molecule has 2 aromatic heterocycles. The summed E-state index contributed by atoms with van der Waals surface area (Å²) in [5, 5.41) is 15.1. The fourth-order valence-corrected chi connectivity index (χ4v) is 8.94. The molecule has 2 aliphatic rings. The van der Waals surface area contributed by atoms with E-state index < -0.39 is 0 Å². The van der Waals surface area contributed by atoms with Crippen LogP contribution in [0.5, 0.6) is 0 Å². The minimum Gasteiger partial charge on any atom is -0.309 e. The van der Waals surface area contributed by atoms with Crippen LogP contribution < -0.4 is 5.32 Å². The van der Waals surface area contributed by atoms with Crippen molar-refractivity contribution in [3.63, 3.8) is 0 Å². The maximum absolute atomic E-state index is 5.54. The van der Waals surface area contributed by atoms with Crippen LogP contribution in [0.3, 0.4) is 0 Å². The van der Waals surface area contributed by atoms with Crippen molar-refractivity contribution in [1.82, 2.24) is 9.13 Å². The first kappa shape index (κ1) is 24.9. The first-order valence-electron chi connectivity index (χ1n) is 16.7. The second-order valence-electron chi connectivity index (χ2n) is 13.3. The lowest BCUT2D eigenvalue weighted by atomic mass is 10.00. The predicted octanol–water partition coefficient (Wildman–Crippen LogP) is 10.2. The molecule has 4 nitrogen and oxygen atoms in total. The second-order valence-corrected chi connectivity index (χ2v) is 13.3. The van der Waals surface area contributed by atoms with Gasteiger partial charge in [0, 0.05) is 44.2 Å². The molecule has 12 rings (SSSR count). The zero-order valence-electron chi connectivity index (χ0n) is 25.9. The van der Waals surface area contributed by atoms with E-state index in [-0.39, 0.29) is 6.17 Å². The first-order chi connectivity index (χ1) is 23.8. The maximum atomic E-state index is 5.54. The molecule has 2 aliphatic heterocycles. The lowest BCUT2D eigenvalue weighted by Crippen LogP contribution is -2.83. The monoisotopic (exact) mass is 611 g/mol. The molecule has 1 atom stereocenters. The van der Waals surface area contributed by atoms with Crippen LogP contribution in [-0.2, 0) is 0 Å². The maximum Gasteiger partial charge on any atom is 0.215 e. The number of benzene rings is 8. The van der Waals surface area contributed by atoms with Crippen LogP contribution in [-0.4, -0.2) is 14.8 Å². The average Bonchev–Trinajstić information content (AvgIpc) is 3.78. The number of para-hydroxylation sites is 1. The van der Waals surface area contributed by atoms with Crippen molar-refractivity contribution in [2.24, 2.45) is 4.99 Å². The van der Waals surface area contributed by atoms with Gasteiger partial charge in [0.1, 0.15) is 11.4 Å². The van der Waals surface area contributed by atoms with Gasteiger partial charge in [-0.3, -0.25) is 9.88 Å². The third-order valence-electron chi connectivity index (χ3n) is 10.9. The molecule has 0 spiro atoms. The van der Waals surface area contributed by atoms with Gasteiger partial charge in [-0.25, -0.2) is 4.99 Å². The van der Waals surface area contributed by atoms with Crippen molar-refractivity contribution >= 4 is 93.0 Å². The molecule has 10 aromatic rings. The molecule has 222 valence electrons. The summed E-state index contributed by atoms with van der Waals surface area (Å²) in [7, 11) is 0. The normalized spacial score (nSPS) is 15.3. The lowest BCUT2D eigenvalue weighted by Gasteiger charge is -2.21. The highest BCUT2D eigenvalue weighted by Crippen LogP contribution is 2.46. The van der Waals surface area contributed by atoms with Gasteiger partial charge in [0.15, 0.2) is 5.69 Å². The number of hydrogen-bond acceptors (Lipinski definition) is 1. The predicted molar refractivity (Wildman–Crippen MR) is 200 cm³/mol. The van der Waals surface area contributed by atoms with E-state index in [9.17, 15) is 0 Å². The SMILES string of the molecule is c1ccc2c3c(ccc2c1)[NH2+]C1C(=N3)c2cc(-n3c4ccc5ccccc5c4c4c5ccccc5ccc43)cc3c4ccccc4n1c23. The minimum atomic E-state index is 0.0392. The van der Waals surface area contributed by atoms with Gasteiger partial charge in [0.2, 0.25) is 6.17 Å². The number of hydrogen-bond donors (Lipinski definition) is 1. The summed E-state index contributed by atoms with van der Waals surface area (Å²) in [5.41, 5.74) is 10.7. The van der Waals surface area contributed by atoms with Crippen LogP contribution >= 0.6 is 0 Å². The second kappa shape index (κ2) is 8.77. The summed E-state index contributed by atoms with van der Waals surface area (Å²) in [4.78, 5) is 5.54. The van der Waals surface area contributed by atoms with Gasteiger partial charge >= 0.3 is 0 Å². The quantitative estimate of drug-likeness (QED) is 0.180. The number of aromatic nitrogens is 2. The van der Waals surface area contributed by atoms with Gasteiger partial charge in [-0.2, -0.15) is 0 Å². The summed E-state index contributed by atoms with van der Waals surface area (Å²) < 4.78 is 5.02. The molecule has 1 unspecified atom stereocenters. The topological polar surface area (TPSA) is 38.8 Å². The van der Waals surface area contributed by atoms with Crippen LogP contribution in [0.4, 0.5) is 11.4 Å². The van der Waals surface area contributed by atoms with E-state index in [0.717, 1.165) is 17.1 Å². The number of fused-ring (bicyclic) bond motifs is 16. The molecular formula is C44H27N4+. The zero-order valence-corrected chi connectivity index (χ0v) is 25.9. The summed E-state index contributed by atoms with van der Waals surface area (Å²) in [6.45, 7) is 0. The smallest absolute Gasteiger partial charge is 0.215 e. The van der Waals surface area contributed by atoms with Crippen molar-refractivity contribution in [3.8, 4) is 5.69 Å². The van der Waals surface area contributed by atoms with E-state index in [1.807, 2.05) is 0 Å². The van der Waals surface area contributed by atoms with Crippen LogP contribution in [0.1, 0.15) is 11.7 Å². The molecular weight excluding hydrogens is 585 g/mol. The Balaban J connectivity index is 1.24. The molecule has 4 heteroatoms. The zero-order chi connectivity index (χ0) is 31.1. The van der Waals surface area contributed by atoms with Crippen molar-refractivity contribution in [1.29, 1.82) is 0 Å². The number of rotatable bonds is 1. The van der Waals surface area contributed by atoms with E-state index in [0.29, 0.717) is 0 Å². The summed E-state index contributed by atoms with van der Waals surface area (Å²) >= 11 is 0. The van der Waals surface area contributed by atoms with Crippen LogP contribution in [0.15, 0.2) is 151 Å². The molecule has 48 heavy (non-hydrogen) atoms. The molecule has 0 amide bonds. The van der Waals surface area contributed by atoms with E-state index in [1.165, 1.54) is 87.2 Å². The van der Waals surface area contributed by atoms with Crippen LogP contribution in [0.2, 0.25) is 0 Å². The van der Waals surface area contributed by atoms with Crippen molar-refractivity contribution in [2.45, 2.75) is 6.17 Å². The van der Waals surface area contributed by atoms with E-state index in [4.69, 9.17) is 4.99 Å². The Labute approximate surface area is 274 Å². The molecule has 0 radical (unpaired) electrons. The van der Waals surface area contributed by atoms with Crippen molar-refractivity contribution in [2.75, 3.05) is 0 Å². The fourth-order valence-electron chi connectivity index (χ4n) is 8.94. The third kappa shape index (κ3) is 3.02. The van der Waals surface area contributed by atoms with Gasteiger partial charge in [-0.15, -0.1) is 0 Å². The van der Waals surface area contributed by atoms with E-state index in [2.05, 4.69) is 160 Å². The Morgan fingerprint density at radius 1 is 0.500 bits per heavy atom. The van der Waals surface area contributed by atoms with Gasteiger partial charge in [-0.1, -0.05) is 103 Å². The Hall–Kier alpha value is -6.23. The highest BCUT2D eigenvalue weighted by molar-refractivity contribution is 6.29. The number of nitrogens with two attached hydrogens (primary N) is 1. The van der Waals surface area contributed by atoms with Gasteiger partial charge in [-0.05, 0) is 63.3 Å². The van der Waals surface area contributed by atoms with Crippen molar-refractivity contribution in [3.05, 3.63) is 151 Å². The Morgan fingerprint density at radius 3 is 1.79 bits per heavy atom. The molecule has 8 aromatic carbocycles. The standard InChI is InChI=1S/C44H26N4/c1-4-12-29-25(9-1)18-21-37-39(29)40-30-13-5-2-10-26(30)19-22-38(40)47(37)28-23-33-32-15-7-8-16-36(32)48-43(33)34(24-28)42-44(48)45-35-20-17-27-11-3-6-14-31(27)41(35)46-42/h1-24,44-45H/p+1. The molecule has 0 saturated heterocycles. The van der Waals surface area contributed by atoms with E-state index >= 15 is 0 Å². The summed E-state index contributed by atoms with van der Waals surface area (Å²) in [5.74, 6) is 0. The molecule has 0 aliphatic carbocycles. The number of nitrogens with zero attached hydrogens (tertiary/aromatic N) is 3. The van der Waals surface area contributed by atoms with Gasteiger partial charge in [0.25, 0.3) is 0 Å². The minimum absolute atomic E-state index is 0.0392. The third-order valence-corrected chi connectivity index (χ3v) is 10.9. The highest BCUT2D eigenvalue weighted by Gasteiger charge is 2.40. The summed E-state index contributed by atoms with van der Waals surface area (Å²) in [6.07, 6.45) is 0.0392. The molecule has 0 bridgehead atoms. The Bertz CT molecular complexity index is 3010. The van der Waals surface area contributed by atoms with Gasteiger partial charge < -0.3 is 4.57 Å². The first-order valence-corrected chi connectivity index (χ1v) is 16.7. The number of quaternary nitrogens is 1. The number of aliphatic imine (C=N–C) groups is 1. The fraction of sp³-hybridized carbons (Fsp3) is 0.0227. The largest absolute Gasteiger partial charge is 0.309 e. The molecule has 2 N–H and O–H groups in total. The Morgan fingerprint density at radius 2 is 1.08 bits per heavy atom. The average molecular weight is 612 g/mol. The van der Waals surface area contributed by atoms with Crippen LogP contribution in [0.25, 0.3) is 81.6 Å².